The number of carbonyl (C=O) groups excluding carboxylic acids is 2. The first kappa shape index (κ1) is 22.0. The molecule has 1 aliphatic carbocycles. The Hall–Kier alpha value is -1.29. The number of nitrogens with one attached hydrogen (secondary N) is 1. The van der Waals surface area contributed by atoms with Gasteiger partial charge in [-0.25, -0.2) is 0 Å². The molecule has 0 unspecified atom stereocenters. The lowest BCUT2D eigenvalue weighted by Gasteiger charge is -2.36. The molecule has 27 heavy (non-hydrogen) atoms. The molecule has 1 N–H and O–H groups in total. The Morgan fingerprint density at radius 3 is 2.33 bits per heavy atom. The number of amides is 1. The van der Waals surface area contributed by atoms with Crippen molar-refractivity contribution in [3.05, 3.63) is 24.3 Å². The maximum absolute atomic E-state index is 13.3. The first-order valence-electron chi connectivity index (χ1n) is 10.4. The van der Waals surface area contributed by atoms with Crippen LogP contribution in [0.3, 0.4) is 0 Å². The van der Waals surface area contributed by atoms with Crippen molar-refractivity contribution < 1.29 is 9.59 Å². The van der Waals surface area contributed by atoms with Gasteiger partial charge in [0.25, 0.3) is 0 Å². The SMILES string of the molecule is CC(C)CCC1(C(=O)Nc2ccccc2SC(=O)CC(C)C)CCCCC1. The van der Waals surface area contributed by atoms with Gasteiger partial charge in [-0.1, -0.05) is 59.1 Å². The summed E-state index contributed by atoms with van der Waals surface area (Å²) < 4.78 is 0. The highest BCUT2D eigenvalue weighted by Gasteiger charge is 2.39. The van der Waals surface area contributed by atoms with Crippen molar-refractivity contribution in [2.45, 2.75) is 84.0 Å². The zero-order valence-corrected chi connectivity index (χ0v) is 18.2. The molecule has 3 nitrogen and oxygen atoms in total. The average molecular weight is 390 g/mol. The van der Waals surface area contributed by atoms with Crippen LogP contribution in [0.5, 0.6) is 0 Å². The van der Waals surface area contributed by atoms with Gasteiger partial charge < -0.3 is 5.32 Å². The van der Waals surface area contributed by atoms with E-state index in [4.69, 9.17) is 0 Å². The lowest BCUT2D eigenvalue weighted by atomic mass is 9.69. The third-order valence-corrected chi connectivity index (χ3v) is 6.40. The monoisotopic (exact) mass is 389 g/mol. The summed E-state index contributed by atoms with van der Waals surface area (Å²) in [4.78, 5) is 26.4. The van der Waals surface area contributed by atoms with E-state index >= 15 is 0 Å². The molecule has 0 bridgehead atoms. The van der Waals surface area contributed by atoms with Gasteiger partial charge in [-0.3, -0.25) is 9.59 Å². The molecule has 0 spiro atoms. The van der Waals surface area contributed by atoms with E-state index in [0.717, 1.165) is 49.1 Å². The summed E-state index contributed by atoms with van der Waals surface area (Å²) in [6.45, 7) is 8.54. The molecule has 0 heterocycles. The highest BCUT2D eigenvalue weighted by Crippen LogP contribution is 2.42. The van der Waals surface area contributed by atoms with Gasteiger partial charge in [0, 0.05) is 16.7 Å². The number of hydrogen-bond acceptors (Lipinski definition) is 3. The van der Waals surface area contributed by atoms with Crippen molar-refractivity contribution in [3.8, 4) is 0 Å². The molecule has 1 aliphatic rings. The van der Waals surface area contributed by atoms with E-state index in [-0.39, 0.29) is 16.4 Å². The summed E-state index contributed by atoms with van der Waals surface area (Å²) in [5.74, 6) is 1.09. The van der Waals surface area contributed by atoms with Crippen LogP contribution < -0.4 is 5.32 Å². The van der Waals surface area contributed by atoms with Crippen LogP contribution in [0, 0.1) is 17.3 Å². The van der Waals surface area contributed by atoms with E-state index in [2.05, 4.69) is 19.2 Å². The molecule has 1 aromatic carbocycles. The summed E-state index contributed by atoms with van der Waals surface area (Å²) >= 11 is 1.25. The van der Waals surface area contributed by atoms with E-state index in [1.54, 1.807) is 0 Å². The molecule has 1 saturated carbocycles. The summed E-state index contributed by atoms with van der Waals surface area (Å²) in [6.07, 6.45) is 8.04. The Balaban J connectivity index is 2.14. The Morgan fingerprint density at radius 1 is 1.04 bits per heavy atom. The quantitative estimate of drug-likeness (QED) is 0.505. The molecule has 0 atom stereocenters. The first-order chi connectivity index (χ1) is 12.8. The highest BCUT2D eigenvalue weighted by atomic mass is 32.2. The molecular weight excluding hydrogens is 354 g/mol. The molecule has 0 radical (unpaired) electrons. The third kappa shape index (κ3) is 6.67. The van der Waals surface area contributed by atoms with Crippen LogP contribution in [-0.4, -0.2) is 11.0 Å². The average Bonchev–Trinajstić information content (AvgIpc) is 2.61. The number of thioether (sulfide) groups is 1. The summed E-state index contributed by atoms with van der Waals surface area (Å²) in [5, 5.41) is 3.34. The van der Waals surface area contributed by atoms with Crippen LogP contribution >= 0.6 is 11.8 Å². The van der Waals surface area contributed by atoms with Gasteiger partial charge in [0.2, 0.25) is 5.91 Å². The predicted octanol–water partition coefficient (Wildman–Crippen LogP) is 6.68. The summed E-state index contributed by atoms with van der Waals surface area (Å²) in [6, 6.07) is 7.70. The van der Waals surface area contributed by atoms with Crippen LogP contribution in [0.1, 0.15) is 79.1 Å². The van der Waals surface area contributed by atoms with E-state index in [1.807, 2.05) is 38.1 Å². The van der Waals surface area contributed by atoms with E-state index < -0.39 is 0 Å². The Morgan fingerprint density at radius 2 is 1.70 bits per heavy atom. The summed E-state index contributed by atoms with van der Waals surface area (Å²) in [5.41, 5.74) is 0.529. The zero-order valence-electron chi connectivity index (χ0n) is 17.3. The topological polar surface area (TPSA) is 46.2 Å². The molecule has 4 heteroatoms. The minimum atomic E-state index is -0.248. The molecule has 0 saturated heterocycles. The van der Waals surface area contributed by atoms with Gasteiger partial charge in [-0.15, -0.1) is 0 Å². The fraction of sp³-hybridized carbons (Fsp3) is 0.652. The maximum Gasteiger partial charge on any atom is 0.230 e. The molecule has 2 rings (SSSR count). The molecule has 1 amide bonds. The van der Waals surface area contributed by atoms with Crippen molar-refractivity contribution in [1.82, 2.24) is 0 Å². The van der Waals surface area contributed by atoms with Crippen LogP contribution in [0.4, 0.5) is 5.69 Å². The van der Waals surface area contributed by atoms with Gasteiger partial charge in [-0.05, 0) is 61.4 Å². The first-order valence-corrected chi connectivity index (χ1v) is 11.3. The predicted molar refractivity (Wildman–Crippen MR) is 115 cm³/mol. The minimum absolute atomic E-state index is 0.146. The van der Waals surface area contributed by atoms with Crippen molar-refractivity contribution >= 4 is 28.5 Å². The lowest BCUT2D eigenvalue weighted by Crippen LogP contribution is -2.38. The normalized spacial score (nSPS) is 16.5. The largest absolute Gasteiger partial charge is 0.325 e. The second-order valence-electron chi connectivity index (χ2n) is 8.80. The van der Waals surface area contributed by atoms with Crippen LogP contribution in [0.2, 0.25) is 0 Å². The maximum atomic E-state index is 13.3. The molecule has 1 aromatic rings. The van der Waals surface area contributed by atoms with Crippen molar-refractivity contribution in [2.75, 3.05) is 5.32 Å². The number of hydrogen-bond donors (Lipinski definition) is 1. The highest BCUT2D eigenvalue weighted by molar-refractivity contribution is 8.13. The standard InChI is InChI=1S/C23H35NO2S/c1-17(2)12-15-23(13-8-5-9-14-23)22(26)24-19-10-6-7-11-20(19)27-21(25)16-18(3)4/h6-7,10-11,17-18H,5,8-9,12-16H2,1-4H3,(H,24,26). The Labute approximate surface area is 169 Å². The second kappa shape index (κ2) is 10.3. The molecule has 1 fully saturated rings. The van der Waals surface area contributed by atoms with Crippen LogP contribution in [0.25, 0.3) is 0 Å². The van der Waals surface area contributed by atoms with Crippen molar-refractivity contribution in [2.24, 2.45) is 17.3 Å². The van der Waals surface area contributed by atoms with Crippen molar-refractivity contribution in [3.63, 3.8) is 0 Å². The number of para-hydroxylation sites is 1. The van der Waals surface area contributed by atoms with Crippen LogP contribution in [-0.2, 0) is 9.59 Å². The Bertz CT molecular complexity index is 633. The smallest absolute Gasteiger partial charge is 0.230 e. The number of carbonyl (C=O) groups is 2. The molecule has 0 aromatic heterocycles. The fourth-order valence-electron chi connectivity index (χ4n) is 3.80. The molecule has 0 aliphatic heterocycles. The Kier molecular flexibility index (Phi) is 8.40. The van der Waals surface area contributed by atoms with Gasteiger partial charge in [0.05, 0.1) is 5.69 Å². The van der Waals surface area contributed by atoms with Gasteiger partial charge >= 0.3 is 0 Å². The lowest BCUT2D eigenvalue weighted by molar-refractivity contribution is -0.128. The number of anilines is 1. The second-order valence-corrected chi connectivity index (χ2v) is 9.90. The van der Waals surface area contributed by atoms with Gasteiger partial charge in [-0.2, -0.15) is 0 Å². The number of rotatable bonds is 8. The third-order valence-electron chi connectivity index (χ3n) is 5.43. The molecule has 150 valence electrons. The van der Waals surface area contributed by atoms with E-state index in [0.29, 0.717) is 18.3 Å². The van der Waals surface area contributed by atoms with Gasteiger partial charge in [0.1, 0.15) is 0 Å². The zero-order chi connectivity index (χ0) is 19.9. The minimum Gasteiger partial charge on any atom is -0.325 e. The van der Waals surface area contributed by atoms with E-state index in [1.165, 1.54) is 18.2 Å². The van der Waals surface area contributed by atoms with Crippen molar-refractivity contribution in [1.29, 1.82) is 0 Å². The molecular formula is C23H35NO2S. The van der Waals surface area contributed by atoms with Gasteiger partial charge in [0.15, 0.2) is 5.12 Å². The fourth-order valence-corrected chi connectivity index (χ4v) is 4.83. The van der Waals surface area contributed by atoms with Crippen LogP contribution in [0.15, 0.2) is 29.2 Å². The number of benzene rings is 1. The summed E-state index contributed by atoms with van der Waals surface area (Å²) in [7, 11) is 0. The van der Waals surface area contributed by atoms with E-state index in [9.17, 15) is 9.59 Å².